The van der Waals surface area contributed by atoms with E-state index in [4.69, 9.17) is 0 Å². The van der Waals surface area contributed by atoms with Crippen molar-refractivity contribution in [2.24, 2.45) is 0 Å². The van der Waals surface area contributed by atoms with Crippen LogP contribution in [0.3, 0.4) is 0 Å². The fraction of sp³-hybridized carbons (Fsp3) is 0.565. The summed E-state index contributed by atoms with van der Waals surface area (Å²) in [5.41, 5.74) is 1.04. The van der Waals surface area contributed by atoms with Crippen LogP contribution in [0.15, 0.2) is 30.3 Å². The summed E-state index contributed by atoms with van der Waals surface area (Å²) in [6, 6.07) is 8.20. The second kappa shape index (κ2) is 11.1. The summed E-state index contributed by atoms with van der Waals surface area (Å²) in [6.45, 7) is 2.25. The molecule has 9 heteroatoms. The first kappa shape index (κ1) is 23.7. The molecular formula is C23H31N3O6. The van der Waals surface area contributed by atoms with Crippen molar-refractivity contribution in [1.82, 2.24) is 14.7 Å². The number of hydrogen-bond donors (Lipinski definition) is 2. The van der Waals surface area contributed by atoms with Gasteiger partial charge in [0.15, 0.2) is 0 Å². The number of hydrogen-bond acceptors (Lipinski definition) is 5. The van der Waals surface area contributed by atoms with Crippen molar-refractivity contribution in [3.8, 4) is 0 Å². The highest BCUT2D eigenvalue weighted by Gasteiger charge is 2.35. The number of carbonyl (C=O) groups excluding carboxylic acids is 2. The van der Waals surface area contributed by atoms with E-state index >= 15 is 0 Å². The van der Waals surface area contributed by atoms with Gasteiger partial charge in [0.2, 0.25) is 11.8 Å². The Morgan fingerprint density at radius 3 is 1.72 bits per heavy atom. The zero-order valence-electron chi connectivity index (χ0n) is 18.2. The van der Waals surface area contributed by atoms with Gasteiger partial charge >= 0.3 is 11.9 Å². The molecule has 2 aliphatic rings. The van der Waals surface area contributed by atoms with Crippen LogP contribution in [0.25, 0.3) is 0 Å². The van der Waals surface area contributed by atoms with E-state index in [0.29, 0.717) is 58.4 Å². The van der Waals surface area contributed by atoms with E-state index in [2.05, 4.69) is 0 Å². The van der Waals surface area contributed by atoms with E-state index in [1.807, 2.05) is 35.2 Å². The molecule has 32 heavy (non-hydrogen) atoms. The van der Waals surface area contributed by atoms with Gasteiger partial charge in [-0.2, -0.15) is 0 Å². The van der Waals surface area contributed by atoms with Crippen LogP contribution in [0.2, 0.25) is 0 Å². The van der Waals surface area contributed by atoms with E-state index in [-0.39, 0.29) is 24.7 Å². The monoisotopic (exact) mass is 445 g/mol. The van der Waals surface area contributed by atoms with Crippen LogP contribution < -0.4 is 0 Å². The number of likely N-dealkylation sites (tertiary alicyclic amines) is 2. The molecule has 174 valence electrons. The first-order valence-electron chi connectivity index (χ1n) is 11.2. The number of carbonyl (C=O) groups is 4. The van der Waals surface area contributed by atoms with Crippen LogP contribution in [0, 0.1) is 0 Å². The zero-order chi connectivity index (χ0) is 23.1. The van der Waals surface area contributed by atoms with Gasteiger partial charge in [-0.3, -0.25) is 14.5 Å². The number of nitrogens with zero attached hydrogens (tertiary/aromatic N) is 3. The van der Waals surface area contributed by atoms with Gasteiger partial charge in [-0.05, 0) is 31.2 Å². The summed E-state index contributed by atoms with van der Waals surface area (Å²) in [5, 5.41) is 18.7. The minimum absolute atomic E-state index is 0.173. The number of benzene rings is 1. The third-order valence-corrected chi connectivity index (χ3v) is 6.25. The van der Waals surface area contributed by atoms with Crippen molar-refractivity contribution in [2.75, 3.05) is 26.2 Å². The van der Waals surface area contributed by atoms with Crippen LogP contribution in [-0.4, -0.2) is 86.9 Å². The van der Waals surface area contributed by atoms with Crippen LogP contribution in [-0.2, 0) is 25.7 Å². The lowest BCUT2D eigenvalue weighted by Gasteiger charge is -2.27. The Morgan fingerprint density at radius 2 is 1.28 bits per heavy atom. The van der Waals surface area contributed by atoms with Gasteiger partial charge in [-0.25, -0.2) is 9.59 Å². The average Bonchev–Trinajstić information content (AvgIpc) is 3.46. The highest BCUT2D eigenvalue weighted by molar-refractivity contribution is 5.85. The molecule has 1 aromatic rings. The third-order valence-electron chi connectivity index (χ3n) is 6.25. The second-order valence-corrected chi connectivity index (χ2v) is 8.43. The standard InChI is InChI=1S/C23H31N3O6/c27-20(25-12-4-8-18(25)22(29)30)10-14-24(16-17-6-2-1-3-7-17)15-11-21(28)26-13-5-9-19(26)23(31)32/h1-3,6-7,18-19H,4-5,8-16H2,(H,29,30)(H,31,32)/t18-,19-/m1/s1. The van der Waals surface area contributed by atoms with Crippen molar-refractivity contribution in [3.05, 3.63) is 35.9 Å². The summed E-state index contributed by atoms with van der Waals surface area (Å²) >= 11 is 0. The Labute approximate surface area is 187 Å². The molecule has 2 fully saturated rings. The Morgan fingerprint density at radius 1 is 0.812 bits per heavy atom. The minimum atomic E-state index is -0.971. The molecule has 0 aromatic heterocycles. The lowest BCUT2D eigenvalue weighted by Crippen LogP contribution is -2.43. The van der Waals surface area contributed by atoms with Crippen LogP contribution in [0.4, 0.5) is 0 Å². The fourth-order valence-electron chi connectivity index (χ4n) is 4.55. The maximum Gasteiger partial charge on any atom is 0.326 e. The second-order valence-electron chi connectivity index (χ2n) is 8.43. The molecule has 2 aliphatic heterocycles. The van der Waals surface area contributed by atoms with E-state index in [1.165, 1.54) is 9.80 Å². The zero-order valence-corrected chi connectivity index (χ0v) is 18.2. The predicted octanol–water partition coefficient (Wildman–Crippen LogP) is 1.42. The lowest BCUT2D eigenvalue weighted by molar-refractivity contribution is -0.148. The highest BCUT2D eigenvalue weighted by atomic mass is 16.4. The molecule has 0 unspecified atom stereocenters. The molecule has 0 spiro atoms. The molecular weight excluding hydrogens is 414 g/mol. The number of carboxylic acids is 2. The van der Waals surface area contributed by atoms with E-state index in [9.17, 15) is 29.4 Å². The normalized spacial score (nSPS) is 20.7. The molecule has 2 N–H and O–H groups in total. The first-order valence-corrected chi connectivity index (χ1v) is 11.2. The van der Waals surface area contributed by atoms with Gasteiger partial charge in [0.25, 0.3) is 0 Å². The molecule has 1 aromatic carbocycles. The summed E-state index contributed by atoms with van der Waals surface area (Å²) < 4.78 is 0. The molecule has 0 aliphatic carbocycles. The Kier molecular flexibility index (Phi) is 8.21. The molecule has 0 saturated carbocycles. The smallest absolute Gasteiger partial charge is 0.326 e. The van der Waals surface area contributed by atoms with Gasteiger partial charge in [0, 0.05) is 45.6 Å². The minimum Gasteiger partial charge on any atom is -0.480 e. The van der Waals surface area contributed by atoms with Crippen molar-refractivity contribution in [3.63, 3.8) is 0 Å². The Bertz CT molecular complexity index is 782. The molecule has 0 radical (unpaired) electrons. The molecule has 2 heterocycles. The van der Waals surface area contributed by atoms with Crippen molar-refractivity contribution in [2.45, 2.75) is 57.2 Å². The molecule has 2 saturated heterocycles. The Hall–Kier alpha value is -2.94. The van der Waals surface area contributed by atoms with Crippen LogP contribution in [0.5, 0.6) is 0 Å². The van der Waals surface area contributed by atoms with Gasteiger partial charge in [0.1, 0.15) is 12.1 Å². The molecule has 2 amide bonds. The van der Waals surface area contributed by atoms with Crippen LogP contribution in [0.1, 0.15) is 44.1 Å². The SMILES string of the molecule is O=C(O)[C@H]1CCCN1C(=O)CCN(CCC(=O)N1CCC[C@@H]1C(=O)O)Cc1ccccc1. The topological polar surface area (TPSA) is 118 Å². The summed E-state index contributed by atoms with van der Waals surface area (Å²) in [7, 11) is 0. The van der Waals surface area contributed by atoms with Gasteiger partial charge < -0.3 is 20.0 Å². The largest absolute Gasteiger partial charge is 0.480 e. The fourth-order valence-corrected chi connectivity index (χ4v) is 4.55. The van der Waals surface area contributed by atoms with E-state index in [1.54, 1.807) is 0 Å². The predicted molar refractivity (Wildman–Crippen MR) is 116 cm³/mol. The average molecular weight is 446 g/mol. The van der Waals surface area contributed by atoms with E-state index in [0.717, 1.165) is 5.56 Å². The van der Waals surface area contributed by atoms with Crippen molar-refractivity contribution in [1.29, 1.82) is 0 Å². The third kappa shape index (κ3) is 6.06. The summed E-state index contributed by atoms with van der Waals surface area (Å²) in [6.07, 6.45) is 2.67. The number of aliphatic carboxylic acids is 2. The maximum atomic E-state index is 12.7. The van der Waals surface area contributed by atoms with Crippen LogP contribution >= 0.6 is 0 Å². The van der Waals surface area contributed by atoms with Crippen molar-refractivity contribution < 1.29 is 29.4 Å². The number of rotatable bonds is 10. The first-order chi connectivity index (χ1) is 15.4. The van der Waals surface area contributed by atoms with E-state index < -0.39 is 24.0 Å². The Balaban J connectivity index is 1.59. The molecule has 0 bridgehead atoms. The molecule has 9 nitrogen and oxygen atoms in total. The summed E-state index contributed by atoms with van der Waals surface area (Å²) in [4.78, 5) is 53.0. The number of amides is 2. The van der Waals surface area contributed by atoms with Gasteiger partial charge in [-0.15, -0.1) is 0 Å². The molecule has 3 rings (SSSR count). The number of carboxylic acid groups (broad SMARTS) is 2. The quantitative estimate of drug-likeness (QED) is 0.559. The summed E-state index contributed by atoms with van der Waals surface area (Å²) in [5.74, 6) is -2.32. The highest BCUT2D eigenvalue weighted by Crippen LogP contribution is 2.20. The van der Waals surface area contributed by atoms with Crippen molar-refractivity contribution >= 4 is 23.8 Å². The molecule has 2 atom stereocenters. The van der Waals surface area contributed by atoms with Gasteiger partial charge in [0.05, 0.1) is 0 Å². The van der Waals surface area contributed by atoms with Gasteiger partial charge in [-0.1, -0.05) is 30.3 Å². The maximum absolute atomic E-state index is 12.7. The lowest BCUT2D eigenvalue weighted by atomic mass is 10.2.